The molecule has 0 fully saturated rings. The van der Waals surface area contributed by atoms with Crippen molar-refractivity contribution in [1.82, 2.24) is 10.2 Å². The number of H-pyrrole nitrogens is 1. The Labute approximate surface area is 127 Å². The zero-order valence-corrected chi connectivity index (χ0v) is 12.1. The number of benzene rings is 1. The van der Waals surface area contributed by atoms with E-state index in [1.165, 1.54) is 0 Å². The van der Waals surface area contributed by atoms with Gasteiger partial charge in [0.05, 0.1) is 5.92 Å². The van der Waals surface area contributed by atoms with Gasteiger partial charge in [-0.1, -0.05) is 30.7 Å². The van der Waals surface area contributed by atoms with Crippen LogP contribution in [0.15, 0.2) is 35.7 Å². The Bertz CT molecular complexity index is 772. The summed E-state index contributed by atoms with van der Waals surface area (Å²) < 4.78 is 5.46. The van der Waals surface area contributed by atoms with Crippen LogP contribution in [0, 0.1) is 11.3 Å². The average Bonchev–Trinajstić information content (AvgIpc) is 2.88. The number of aromatic amines is 1. The van der Waals surface area contributed by atoms with E-state index in [0.717, 1.165) is 23.2 Å². The lowest BCUT2D eigenvalue weighted by molar-refractivity contribution is 0.378. The molecule has 0 amide bonds. The van der Waals surface area contributed by atoms with Crippen molar-refractivity contribution in [3.63, 3.8) is 0 Å². The molecule has 1 atom stereocenters. The molecule has 5 nitrogen and oxygen atoms in total. The van der Waals surface area contributed by atoms with Gasteiger partial charge in [-0.05, 0) is 24.1 Å². The zero-order chi connectivity index (χ0) is 15.0. The number of rotatable bonds is 2. The van der Waals surface area contributed by atoms with E-state index < -0.39 is 0 Å². The lowest BCUT2D eigenvalue weighted by Gasteiger charge is -2.24. The molecule has 1 aliphatic rings. The van der Waals surface area contributed by atoms with Crippen molar-refractivity contribution < 1.29 is 4.74 Å². The van der Waals surface area contributed by atoms with Gasteiger partial charge in [-0.15, -0.1) is 5.10 Å². The van der Waals surface area contributed by atoms with E-state index in [1.54, 1.807) is 6.07 Å². The molecule has 1 aromatic carbocycles. The fourth-order valence-electron chi connectivity index (χ4n) is 2.60. The molecule has 1 aliphatic heterocycles. The molecule has 0 spiro atoms. The first-order chi connectivity index (χ1) is 10.2. The van der Waals surface area contributed by atoms with Crippen LogP contribution in [0.1, 0.15) is 29.7 Å². The van der Waals surface area contributed by atoms with Gasteiger partial charge < -0.3 is 10.5 Å². The maximum absolute atomic E-state index is 9.46. The van der Waals surface area contributed by atoms with Crippen molar-refractivity contribution in [3.8, 4) is 11.9 Å². The number of nitriles is 1. The van der Waals surface area contributed by atoms with Gasteiger partial charge in [-0.3, -0.25) is 5.10 Å². The molecular weight excluding hydrogens is 288 g/mol. The van der Waals surface area contributed by atoms with Crippen LogP contribution in [0.2, 0.25) is 5.02 Å². The molecule has 0 saturated heterocycles. The Kier molecular flexibility index (Phi) is 3.32. The summed E-state index contributed by atoms with van der Waals surface area (Å²) in [6, 6.07) is 9.54. The second kappa shape index (κ2) is 5.15. The van der Waals surface area contributed by atoms with Gasteiger partial charge in [0.15, 0.2) is 0 Å². The quantitative estimate of drug-likeness (QED) is 0.892. The second-order valence-corrected chi connectivity index (χ2v) is 5.19. The summed E-state index contributed by atoms with van der Waals surface area (Å²) in [7, 11) is 0. The molecule has 21 heavy (non-hydrogen) atoms. The van der Waals surface area contributed by atoms with Gasteiger partial charge in [0, 0.05) is 16.3 Å². The number of aromatic nitrogens is 2. The topological polar surface area (TPSA) is 87.7 Å². The highest BCUT2D eigenvalue weighted by molar-refractivity contribution is 6.30. The minimum atomic E-state index is -0.314. The first-order valence-corrected chi connectivity index (χ1v) is 6.93. The third kappa shape index (κ3) is 2.14. The number of fused-ring (bicyclic) bond motifs is 1. The van der Waals surface area contributed by atoms with E-state index >= 15 is 0 Å². The van der Waals surface area contributed by atoms with Crippen LogP contribution in [0.25, 0.3) is 0 Å². The smallest absolute Gasteiger partial charge is 0.244 e. The summed E-state index contributed by atoms with van der Waals surface area (Å²) in [6.45, 7) is 2.01. The van der Waals surface area contributed by atoms with E-state index in [1.807, 2.05) is 25.1 Å². The first-order valence-electron chi connectivity index (χ1n) is 6.55. The molecule has 0 bridgehead atoms. The summed E-state index contributed by atoms with van der Waals surface area (Å²) in [4.78, 5) is 0. The summed E-state index contributed by atoms with van der Waals surface area (Å²) in [5, 5.41) is 17.2. The number of allylic oxidation sites excluding steroid dienone is 1. The molecule has 6 heteroatoms. The van der Waals surface area contributed by atoms with Gasteiger partial charge in [0.2, 0.25) is 11.8 Å². The highest BCUT2D eigenvalue weighted by Gasteiger charge is 2.34. The summed E-state index contributed by atoms with van der Waals surface area (Å²) in [5.74, 6) is 0.198. The third-order valence-electron chi connectivity index (χ3n) is 3.55. The summed E-state index contributed by atoms with van der Waals surface area (Å²) in [6.07, 6.45) is 0.751. The van der Waals surface area contributed by atoms with Crippen LogP contribution in [0.5, 0.6) is 5.88 Å². The number of nitrogens with zero attached hydrogens (tertiary/aromatic N) is 2. The van der Waals surface area contributed by atoms with Crippen molar-refractivity contribution in [2.75, 3.05) is 0 Å². The van der Waals surface area contributed by atoms with Crippen LogP contribution in [-0.2, 0) is 6.42 Å². The Morgan fingerprint density at radius 1 is 1.52 bits per heavy atom. The van der Waals surface area contributed by atoms with Crippen molar-refractivity contribution in [1.29, 1.82) is 5.26 Å². The molecule has 0 radical (unpaired) electrons. The third-order valence-corrected chi connectivity index (χ3v) is 3.79. The molecule has 0 saturated carbocycles. The van der Waals surface area contributed by atoms with Crippen LogP contribution in [0.4, 0.5) is 0 Å². The largest absolute Gasteiger partial charge is 0.420 e. The predicted octanol–water partition coefficient (Wildman–Crippen LogP) is 2.84. The van der Waals surface area contributed by atoms with Crippen LogP contribution < -0.4 is 10.5 Å². The molecule has 106 valence electrons. The normalized spacial score (nSPS) is 17.1. The Hall–Kier alpha value is -2.45. The maximum atomic E-state index is 9.46. The van der Waals surface area contributed by atoms with Gasteiger partial charge in [0.1, 0.15) is 11.6 Å². The van der Waals surface area contributed by atoms with Crippen molar-refractivity contribution in [2.24, 2.45) is 5.73 Å². The Morgan fingerprint density at radius 3 is 3.00 bits per heavy atom. The Morgan fingerprint density at radius 2 is 2.33 bits per heavy atom. The van der Waals surface area contributed by atoms with Crippen molar-refractivity contribution in [3.05, 3.63) is 57.6 Å². The number of hydrogen-bond acceptors (Lipinski definition) is 4. The Balaban J connectivity index is 2.25. The standard InChI is InChI=1S/C15H13ClN4O/c1-2-11-13-12(8-4-3-5-9(16)6-8)10(7-17)14(18)21-15(13)20-19-11/h3-6,12H,2,18H2,1H3,(H,19,20)/t12-/m1/s1. The summed E-state index contributed by atoms with van der Waals surface area (Å²) in [5.41, 5.74) is 8.91. The SMILES string of the molecule is CCc1[nH]nc2c1[C@H](c1cccc(Cl)c1)C(C#N)=C(N)O2. The minimum absolute atomic E-state index is 0.0872. The van der Waals surface area contributed by atoms with Crippen LogP contribution >= 0.6 is 11.6 Å². The van der Waals surface area contributed by atoms with E-state index in [9.17, 15) is 5.26 Å². The van der Waals surface area contributed by atoms with E-state index in [2.05, 4.69) is 16.3 Å². The van der Waals surface area contributed by atoms with Gasteiger partial charge >= 0.3 is 0 Å². The molecule has 3 N–H and O–H groups in total. The van der Waals surface area contributed by atoms with E-state index in [-0.39, 0.29) is 11.8 Å². The van der Waals surface area contributed by atoms with Crippen molar-refractivity contribution in [2.45, 2.75) is 19.3 Å². The lowest BCUT2D eigenvalue weighted by atomic mass is 9.84. The number of halogens is 1. The lowest BCUT2D eigenvalue weighted by Crippen LogP contribution is -2.21. The molecular formula is C15H13ClN4O. The fraction of sp³-hybridized carbons (Fsp3) is 0.200. The van der Waals surface area contributed by atoms with Gasteiger partial charge in [-0.2, -0.15) is 5.26 Å². The highest BCUT2D eigenvalue weighted by atomic mass is 35.5. The molecule has 0 unspecified atom stereocenters. The van der Waals surface area contributed by atoms with Crippen LogP contribution in [0.3, 0.4) is 0 Å². The van der Waals surface area contributed by atoms with Gasteiger partial charge in [0.25, 0.3) is 0 Å². The minimum Gasteiger partial charge on any atom is -0.420 e. The molecule has 2 heterocycles. The first kappa shape index (κ1) is 13.5. The fourth-order valence-corrected chi connectivity index (χ4v) is 2.80. The van der Waals surface area contributed by atoms with Crippen LogP contribution in [-0.4, -0.2) is 10.2 Å². The predicted molar refractivity (Wildman–Crippen MR) is 78.7 cm³/mol. The highest BCUT2D eigenvalue weighted by Crippen LogP contribution is 2.43. The molecule has 0 aliphatic carbocycles. The number of nitrogens with two attached hydrogens (primary N) is 1. The van der Waals surface area contributed by atoms with E-state index in [4.69, 9.17) is 22.1 Å². The molecule has 3 rings (SSSR count). The average molecular weight is 301 g/mol. The van der Waals surface area contributed by atoms with Gasteiger partial charge in [-0.25, -0.2) is 0 Å². The number of nitrogens with one attached hydrogen (secondary N) is 1. The zero-order valence-electron chi connectivity index (χ0n) is 11.4. The maximum Gasteiger partial charge on any atom is 0.244 e. The summed E-state index contributed by atoms with van der Waals surface area (Å²) >= 11 is 6.08. The number of aryl methyl sites for hydroxylation is 1. The van der Waals surface area contributed by atoms with Crippen molar-refractivity contribution >= 4 is 11.6 Å². The van der Waals surface area contributed by atoms with E-state index in [0.29, 0.717) is 16.5 Å². The molecule has 2 aromatic rings. The number of ether oxygens (including phenoxy) is 1. The monoisotopic (exact) mass is 300 g/mol. The second-order valence-electron chi connectivity index (χ2n) is 4.75. The molecule has 1 aromatic heterocycles. The number of hydrogen-bond donors (Lipinski definition) is 2.